The van der Waals surface area contributed by atoms with E-state index in [1.807, 2.05) is 0 Å². The zero-order valence-corrected chi connectivity index (χ0v) is 39.5. The van der Waals surface area contributed by atoms with Crippen LogP contribution in [0.1, 0.15) is 291 Å². The maximum atomic E-state index is 12.8. The second kappa shape index (κ2) is 46.5. The summed E-state index contributed by atoms with van der Waals surface area (Å²) in [4.78, 5) is 37.9. The van der Waals surface area contributed by atoms with Gasteiger partial charge in [0.1, 0.15) is 13.2 Å². The van der Waals surface area contributed by atoms with E-state index in [1.54, 1.807) is 0 Å². The average molecular weight is 821 g/mol. The van der Waals surface area contributed by atoms with Crippen molar-refractivity contribution in [3.05, 3.63) is 0 Å². The van der Waals surface area contributed by atoms with Gasteiger partial charge >= 0.3 is 17.9 Å². The molecule has 2 atom stereocenters. The van der Waals surface area contributed by atoms with Gasteiger partial charge in [0.15, 0.2) is 6.10 Å². The lowest BCUT2D eigenvalue weighted by Gasteiger charge is -2.18. The van der Waals surface area contributed by atoms with Crippen LogP contribution in [0.15, 0.2) is 0 Å². The third-order valence-corrected chi connectivity index (χ3v) is 12.2. The first-order chi connectivity index (χ1) is 28.4. The molecule has 6 nitrogen and oxygen atoms in total. The molecule has 0 saturated heterocycles. The molecule has 0 N–H and O–H groups in total. The van der Waals surface area contributed by atoms with Gasteiger partial charge in [-0.3, -0.25) is 14.4 Å². The summed E-state index contributed by atoms with van der Waals surface area (Å²) in [6, 6.07) is 0. The highest BCUT2D eigenvalue weighted by Crippen LogP contribution is 2.18. The topological polar surface area (TPSA) is 78.9 Å². The first-order valence-corrected chi connectivity index (χ1v) is 25.9. The van der Waals surface area contributed by atoms with E-state index in [2.05, 4.69) is 27.7 Å². The van der Waals surface area contributed by atoms with Gasteiger partial charge in [-0.15, -0.1) is 0 Å². The van der Waals surface area contributed by atoms with Crippen LogP contribution in [0.25, 0.3) is 0 Å². The second-order valence-corrected chi connectivity index (χ2v) is 18.1. The molecule has 0 rings (SSSR count). The Hall–Kier alpha value is -1.59. The molecule has 0 aromatic carbocycles. The number of hydrogen-bond acceptors (Lipinski definition) is 6. The fourth-order valence-electron chi connectivity index (χ4n) is 7.83. The van der Waals surface area contributed by atoms with Crippen LogP contribution in [-0.4, -0.2) is 37.2 Å². The number of ether oxygens (including phenoxy) is 3. The summed E-state index contributed by atoms with van der Waals surface area (Å²) in [5.41, 5.74) is 0. The maximum absolute atomic E-state index is 12.8. The monoisotopic (exact) mass is 821 g/mol. The molecule has 58 heavy (non-hydrogen) atoms. The van der Waals surface area contributed by atoms with E-state index in [0.717, 1.165) is 63.7 Å². The van der Waals surface area contributed by atoms with Crippen molar-refractivity contribution < 1.29 is 28.6 Å². The first kappa shape index (κ1) is 56.4. The van der Waals surface area contributed by atoms with Gasteiger partial charge in [0, 0.05) is 19.3 Å². The van der Waals surface area contributed by atoms with Gasteiger partial charge in [-0.1, -0.05) is 252 Å². The minimum Gasteiger partial charge on any atom is -0.462 e. The molecule has 1 unspecified atom stereocenters. The van der Waals surface area contributed by atoms with Crippen LogP contribution in [0.2, 0.25) is 0 Å². The molecule has 0 spiro atoms. The van der Waals surface area contributed by atoms with Gasteiger partial charge in [0.2, 0.25) is 0 Å². The summed E-state index contributed by atoms with van der Waals surface area (Å²) in [6.07, 6.45) is 48.0. The highest BCUT2D eigenvalue weighted by atomic mass is 16.6. The van der Waals surface area contributed by atoms with E-state index in [1.165, 1.54) is 186 Å². The van der Waals surface area contributed by atoms with E-state index in [4.69, 9.17) is 14.2 Å². The van der Waals surface area contributed by atoms with Crippen LogP contribution >= 0.6 is 0 Å². The van der Waals surface area contributed by atoms with Gasteiger partial charge in [-0.05, 0) is 25.2 Å². The van der Waals surface area contributed by atoms with Crippen molar-refractivity contribution in [3.8, 4) is 0 Å². The van der Waals surface area contributed by atoms with Crippen LogP contribution < -0.4 is 0 Å². The largest absolute Gasteiger partial charge is 0.462 e. The molecule has 0 aromatic heterocycles. The highest BCUT2D eigenvalue weighted by Gasteiger charge is 2.19. The molecule has 0 aliphatic heterocycles. The standard InChI is InChI=1S/C52H100O6/c1-5-8-10-12-14-16-17-18-19-20-21-22-23-29-33-37-41-45-52(55)58-49(46-56-50(53)43-39-35-31-26-15-13-11-9-6-2)47-57-51(54)44-40-36-32-28-25-24-27-30-34-38-42-48(4)7-3/h48-49H,5-47H2,1-4H3/t48?,49-/m0/s1. The Morgan fingerprint density at radius 1 is 0.345 bits per heavy atom. The Morgan fingerprint density at radius 3 is 0.897 bits per heavy atom. The highest BCUT2D eigenvalue weighted by molar-refractivity contribution is 5.71. The Morgan fingerprint density at radius 2 is 0.603 bits per heavy atom. The van der Waals surface area contributed by atoms with Crippen molar-refractivity contribution in [3.63, 3.8) is 0 Å². The lowest BCUT2D eigenvalue weighted by molar-refractivity contribution is -0.167. The lowest BCUT2D eigenvalue weighted by Crippen LogP contribution is -2.30. The van der Waals surface area contributed by atoms with Crippen molar-refractivity contribution in [2.24, 2.45) is 5.92 Å². The number of hydrogen-bond donors (Lipinski definition) is 0. The van der Waals surface area contributed by atoms with Crippen molar-refractivity contribution in [2.75, 3.05) is 13.2 Å². The summed E-state index contributed by atoms with van der Waals surface area (Å²) in [7, 11) is 0. The molecule has 0 saturated carbocycles. The summed E-state index contributed by atoms with van der Waals surface area (Å²) in [5, 5.41) is 0. The Labute approximate surface area is 361 Å². The van der Waals surface area contributed by atoms with Gasteiger partial charge < -0.3 is 14.2 Å². The first-order valence-electron chi connectivity index (χ1n) is 25.9. The Bertz CT molecular complexity index is 874. The van der Waals surface area contributed by atoms with Crippen LogP contribution in [0, 0.1) is 5.92 Å². The van der Waals surface area contributed by atoms with Gasteiger partial charge in [0.25, 0.3) is 0 Å². The van der Waals surface area contributed by atoms with E-state index >= 15 is 0 Å². The van der Waals surface area contributed by atoms with Crippen LogP contribution in [0.4, 0.5) is 0 Å². The molecular weight excluding hydrogens is 721 g/mol. The number of carbonyl (C=O) groups excluding carboxylic acids is 3. The van der Waals surface area contributed by atoms with Gasteiger partial charge in [-0.2, -0.15) is 0 Å². The molecule has 0 heterocycles. The molecule has 6 heteroatoms. The molecule has 0 aliphatic carbocycles. The summed E-state index contributed by atoms with van der Waals surface area (Å²) in [6.45, 7) is 9.03. The smallest absolute Gasteiger partial charge is 0.306 e. The SMILES string of the molecule is CCCCCCCCCCCCCCCCCCCC(=O)O[C@@H](COC(=O)CCCCCCCCCCC)COC(=O)CCCCCCCCCCCCC(C)CC. The van der Waals surface area contributed by atoms with Crippen LogP contribution in [0.5, 0.6) is 0 Å². The molecule has 0 amide bonds. The Balaban J connectivity index is 4.27. The third kappa shape index (κ3) is 44.0. The molecule has 0 fully saturated rings. The number of esters is 3. The van der Waals surface area contributed by atoms with Crippen molar-refractivity contribution >= 4 is 17.9 Å². The molecular formula is C52H100O6. The quantitative estimate of drug-likeness (QED) is 0.0346. The number of rotatable bonds is 47. The number of unbranched alkanes of at least 4 members (excludes halogenated alkanes) is 33. The second-order valence-electron chi connectivity index (χ2n) is 18.1. The van der Waals surface area contributed by atoms with Crippen molar-refractivity contribution in [2.45, 2.75) is 297 Å². The minimum atomic E-state index is -0.760. The minimum absolute atomic E-state index is 0.0632. The predicted octanol–water partition coefficient (Wildman–Crippen LogP) is 16.7. The summed E-state index contributed by atoms with van der Waals surface area (Å²) in [5.74, 6) is 0.0222. The normalized spacial score (nSPS) is 12.4. The van der Waals surface area contributed by atoms with E-state index < -0.39 is 6.10 Å². The summed E-state index contributed by atoms with van der Waals surface area (Å²) < 4.78 is 16.8. The van der Waals surface area contributed by atoms with Crippen LogP contribution in [0.3, 0.4) is 0 Å². The lowest BCUT2D eigenvalue weighted by atomic mass is 9.99. The van der Waals surface area contributed by atoms with Crippen LogP contribution in [-0.2, 0) is 28.6 Å². The van der Waals surface area contributed by atoms with E-state index in [0.29, 0.717) is 19.3 Å². The van der Waals surface area contributed by atoms with E-state index in [-0.39, 0.29) is 31.1 Å². The summed E-state index contributed by atoms with van der Waals surface area (Å²) >= 11 is 0. The van der Waals surface area contributed by atoms with E-state index in [9.17, 15) is 14.4 Å². The number of carbonyl (C=O) groups is 3. The van der Waals surface area contributed by atoms with Crippen molar-refractivity contribution in [1.29, 1.82) is 0 Å². The molecule has 0 aliphatic rings. The van der Waals surface area contributed by atoms with Gasteiger partial charge in [0.05, 0.1) is 0 Å². The Kier molecular flexibility index (Phi) is 45.2. The van der Waals surface area contributed by atoms with Crippen molar-refractivity contribution in [1.82, 2.24) is 0 Å². The molecule has 344 valence electrons. The fourth-order valence-corrected chi connectivity index (χ4v) is 7.83. The fraction of sp³-hybridized carbons (Fsp3) is 0.942. The molecule has 0 bridgehead atoms. The average Bonchev–Trinajstić information content (AvgIpc) is 3.22. The zero-order valence-electron chi connectivity index (χ0n) is 39.5. The van der Waals surface area contributed by atoms with Gasteiger partial charge in [-0.25, -0.2) is 0 Å². The third-order valence-electron chi connectivity index (χ3n) is 12.2. The molecule has 0 aromatic rings. The zero-order chi connectivity index (χ0) is 42.4. The predicted molar refractivity (Wildman–Crippen MR) is 247 cm³/mol. The molecule has 0 radical (unpaired) electrons. The maximum Gasteiger partial charge on any atom is 0.306 e.